The number of carboxylic acids is 1. The topological polar surface area (TPSA) is 37.3 Å². The van der Waals surface area contributed by atoms with Gasteiger partial charge in [-0.15, -0.1) is 0 Å². The maximum atomic E-state index is 10.5. The van der Waals surface area contributed by atoms with Gasteiger partial charge in [-0.2, -0.15) is 0 Å². The molecule has 0 unspecified atom stereocenters. The monoisotopic (exact) mass is 186 g/mol. The summed E-state index contributed by atoms with van der Waals surface area (Å²) in [4.78, 5) is 10.5. The summed E-state index contributed by atoms with van der Waals surface area (Å²) < 4.78 is 0. The van der Waals surface area contributed by atoms with Crippen molar-refractivity contribution in [2.45, 2.75) is 6.42 Å². The third kappa shape index (κ3) is 1.94. The molecule has 1 aliphatic rings. The highest BCUT2D eigenvalue weighted by Crippen LogP contribution is 2.37. The molecule has 2 atom stereocenters. The van der Waals surface area contributed by atoms with Crippen LogP contribution in [0.3, 0.4) is 0 Å². The molecule has 0 spiro atoms. The summed E-state index contributed by atoms with van der Waals surface area (Å²) in [5.41, 5.74) is 0.948. The molecule has 0 radical (unpaired) electrons. The number of benzene rings is 1. The Morgan fingerprint density at radius 3 is 2.64 bits per heavy atom. The maximum Gasteiger partial charge on any atom is 0.307 e. The summed E-state index contributed by atoms with van der Waals surface area (Å²) in [6.07, 6.45) is 0.704. The second-order valence-corrected chi connectivity index (χ2v) is 3.42. The van der Waals surface area contributed by atoms with Crippen molar-refractivity contribution in [3.8, 4) is 11.8 Å². The van der Waals surface area contributed by atoms with E-state index in [4.69, 9.17) is 5.11 Å². The van der Waals surface area contributed by atoms with Crippen LogP contribution in [0.15, 0.2) is 30.3 Å². The van der Waals surface area contributed by atoms with E-state index in [2.05, 4.69) is 11.8 Å². The van der Waals surface area contributed by atoms with Crippen LogP contribution in [0, 0.1) is 23.7 Å². The third-order valence-corrected chi connectivity index (χ3v) is 2.28. The number of hydrogen-bond acceptors (Lipinski definition) is 1. The SMILES string of the molecule is O=C(O)[C@H]1C[C@H]1C#Cc1ccccc1. The van der Waals surface area contributed by atoms with Gasteiger partial charge in [0.2, 0.25) is 0 Å². The van der Waals surface area contributed by atoms with Gasteiger partial charge in [0.05, 0.1) is 5.92 Å². The minimum absolute atomic E-state index is 0.0627. The van der Waals surface area contributed by atoms with E-state index in [0.29, 0.717) is 6.42 Å². The molecule has 2 heteroatoms. The average Bonchev–Trinajstić information content (AvgIpc) is 2.96. The first-order valence-corrected chi connectivity index (χ1v) is 4.57. The van der Waals surface area contributed by atoms with E-state index in [1.54, 1.807) is 0 Å². The van der Waals surface area contributed by atoms with Gasteiger partial charge >= 0.3 is 5.97 Å². The van der Waals surface area contributed by atoms with Gasteiger partial charge in [-0.3, -0.25) is 4.79 Å². The highest BCUT2D eigenvalue weighted by atomic mass is 16.4. The van der Waals surface area contributed by atoms with Crippen molar-refractivity contribution in [1.82, 2.24) is 0 Å². The van der Waals surface area contributed by atoms with Crippen LogP contribution in [0.5, 0.6) is 0 Å². The lowest BCUT2D eigenvalue weighted by atomic mass is 10.2. The van der Waals surface area contributed by atoms with Crippen molar-refractivity contribution in [2.75, 3.05) is 0 Å². The largest absolute Gasteiger partial charge is 0.481 e. The third-order valence-electron chi connectivity index (χ3n) is 2.28. The number of aliphatic carboxylic acids is 1. The summed E-state index contributed by atoms with van der Waals surface area (Å²) in [6.45, 7) is 0. The van der Waals surface area contributed by atoms with Crippen molar-refractivity contribution >= 4 is 5.97 Å². The zero-order valence-corrected chi connectivity index (χ0v) is 7.60. The molecule has 0 amide bonds. The Morgan fingerprint density at radius 1 is 1.36 bits per heavy atom. The first-order chi connectivity index (χ1) is 6.77. The Morgan fingerprint density at radius 2 is 2.07 bits per heavy atom. The zero-order chi connectivity index (χ0) is 9.97. The van der Waals surface area contributed by atoms with Crippen LogP contribution in [-0.4, -0.2) is 11.1 Å². The highest BCUT2D eigenvalue weighted by Gasteiger charge is 2.42. The average molecular weight is 186 g/mol. The van der Waals surface area contributed by atoms with E-state index in [1.165, 1.54) is 0 Å². The molecule has 1 saturated carbocycles. The van der Waals surface area contributed by atoms with Crippen LogP contribution >= 0.6 is 0 Å². The molecule has 2 nitrogen and oxygen atoms in total. The molecule has 14 heavy (non-hydrogen) atoms. The minimum Gasteiger partial charge on any atom is -0.481 e. The molecule has 1 aliphatic carbocycles. The van der Waals surface area contributed by atoms with Crippen molar-refractivity contribution in [1.29, 1.82) is 0 Å². The summed E-state index contributed by atoms with van der Waals surface area (Å²) >= 11 is 0. The smallest absolute Gasteiger partial charge is 0.307 e. The lowest BCUT2D eigenvalue weighted by molar-refractivity contribution is -0.138. The van der Waals surface area contributed by atoms with Gasteiger partial charge in [-0.25, -0.2) is 0 Å². The van der Waals surface area contributed by atoms with E-state index in [-0.39, 0.29) is 11.8 Å². The predicted molar refractivity (Wildman–Crippen MR) is 52.6 cm³/mol. The Hall–Kier alpha value is -1.75. The number of hydrogen-bond donors (Lipinski definition) is 1. The van der Waals surface area contributed by atoms with E-state index in [0.717, 1.165) is 5.56 Å². The fourth-order valence-electron chi connectivity index (χ4n) is 1.32. The molecule has 1 aromatic rings. The number of carbonyl (C=O) groups is 1. The van der Waals surface area contributed by atoms with Crippen LogP contribution < -0.4 is 0 Å². The fourth-order valence-corrected chi connectivity index (χ4v) is 1.32. The van der Waals surface area contributed by atoms with Crippen LogP contribution in [0.1, 0.15) is 12.0 Å². The summed E-state index contributed by atoms with van der Waals surface area (Å²) in [7, 11) is 0. The van der Waals surface area contributed by atoms with Crippen molar-refractivity contribution in [2.24, 2.45) is 11.8 Å². The Balaban J connectivity index is 2.00. The number of carboxylic acid groups (broad SMARTS) is 1. The number of rotatable bonds is 1. The minimum atomic E-state index is -0.725. The first-order valence-electron chi connectivity index (χ1n) is 4.57. The lowest BCUT2D eigenvalue weighted by Gasteiger charge is -1.86. The van der Waals surface area contributed by atoms with Gasteiger partial charge in [0, 0.05) is 11.5 Å². The molecular formula is C12H10O2. The molecule has 70 valence electrons. The molecule has 0 saturated heterocycles. The molecule has 0 aromatic heterocycles. The standard InChI is InChI=1S/C12H10O2/c13-12(14)11-8-10(11)7-6-9-4-2-1-3-5-9/h1-5,10-11H,8H2,(H,13,14)/t10-,11+/m1/s1. The van der Waals surface area contributed by atoms with Crippen molar-refractivity contribution in [3.05, 3.63) is 35.9 Å². The van der Waals surface area contributed by atoms with Gasteiger partial charge < -0.3 is 5.11 Å². The summed E-state index contributed by atoms with van der Waals surface area (Å²) in [5.74, 6) is 5.06. The quantitative estimate of drug-likeness (QED) is 0.678. The first kappa shape index (κ1) is 8.83. The Labute approximate surface area is 82.6 Å². The second kappa shape index (κ2) is 3.55. The highest BCUT2D eigenvalue weighted by molar-refractivity contribution is 5.74. The van der Waals surface area contributed by atoms with E-state index in [1.807, 2.05) is 30.3 Å². The van der Waals surface area contributed by atoms with Gasteiger partial charge in [0.25, 0.3) is 0 Å². The molecule has 1 fully saturated rings. The van der Waals surface area contributed by atoms with Crippen molar-refractivity contribution in [3.63, 3.8) is 0 Å². The van der Waals surface area contributed by atoms with Gasteiger partial charge in [-0.05, 0) is 18.6 Å². The van der Waals surface area contributed by atoms with Gasteiger partial charge in [0.1, 0.15) is 0 Å². The molecule has 0 heterocycles. The van der Waals surface area contributed by atoms with Crippen LogP contribution in [0.25, 0.3) is 0 Å². The van der Waals surface area contributed by atoms with Crippen LogP contribution in [0.4, 0.5) is 0 Å². The molecule has 1 aromatic carbocycles. The predicted octanol–water partition coefficient (Wildman–Crippen LogP) is 1.76. The fraction of sp³-hybridized carbons (Fsp3) is 0.250. The van der Waals surface area contributed by atoms with E-state index < -0.39 is 5.97 Å². The van der Waals surface area contributed by atoms with Crippen LogP contribution in [-0.2, 0) is 4.79 Å². The molecule has 1 N–H and O–H groups in total. The Bertz CT molecular complexity index is 397. The van der Waals surface area contributed by atoms with Crippen molar-refractivity contribution < 1.29 is 9.90 Å². The molecule has 0 bridgehead atoms. The molecular weight excluding hydrogens is 176 g/mol. The van der Waals surface area contributed by atoms with Gasteiger partial charge in [-0.1, -0.05) is 30.0 Å². The van der Waals surface area contributed by atoms with Gasteiger partial charge in [0.15, 0.2) is 0 Å². The lowest BCUT2D eigenvalue weighted by Crippen LogP contribution is -1.98. The van der Waals surface area contributed by atoms with E-state index in [9.17, 15) is 4.79 Å². The van der Waals surface area contributed by atoms with Crippen LogP contribution in [0.2, 0.25) is 0 Å². The summed E-state index contributed by atoms with van der Waals surface area (Å²) in [6, 6.07) is 9.62. The van der Waals surface area contributed by atoms with E-state index >= 15 is 0 Å². The summed E-state index contributed by atoms with van der Waals surface area (Å²) in [5, 5.41) is 8.65. The molecule has 0 aliphatic heterocycles. The molecule has 2 rings (SSSR count). The second-order valence-electron chi connectivity index (χ2n) is 3.42. The zero-order valence-electron chi connectivity index (χ0n) is 7.60. The normalized spacial score (nSPS) is 23.4. The Kier molecular flexibility index (Phi) is 2.24. The maximum absolute atomic E-state index is 10.5.